The first-order valence-corrected chi connectivity index (χ1v) is 14.1. The van der Waals surface area contributed by atoms with Gasteiger partial charge in [0.05, 0.1) is 17.8 Å². The zero-order valence-corrected chi connectivity index (χ0v) is 25.2. The van der Waals surface area contributed by atoms with Gasteiger partial charge in [0.2, 0.25) is 0 Å². The molecule has 1 heterocycles. The number of imide groups is 2. The molecule has 0 atom stereocenters. The Bertz CT molecular complexity index is 1800. The average molecular weight is 656 g/mol. The quantitative estimate of drug-likeness (QED) is 0.147. The van der Waals surface area contributed by atoms with Gasteiger partial charge < -0.3 is 14.2 Å². The summed E-state index contributed by atoms with van der Waals surface area (Å²) in [4.78, 5) is 39.6. The number of urea groups is 1. The van der Waals surface area contributed by atoms with E-state index in [2.05, 4.69) is 5.32 Å². The van der Waals surface area contributed by atoms with Gasteiger partial charge in [-0.05, 0) is 77.9 Å². The van der Waals surface area contributed by atoms with Crippen molar-refractivity contribution in [2.45, 2.75) is 13.2 Å². The van der Waals surface area contributed by atoms with E-state index in [-0.39, 0.29) is 41.0 Å². The Balaban J connectivity index is 1.34. The van der Waals surface area contributed by atoms with Crippen LogP contribution in [0, 0.1) is 5.82 Å². The molecule has 0 bridgehead atoms. The van der Waals surface area contributed by atoms with Crippen LogP contribution in [0.4, 0.5) is 14.9 Å². The first-order valence-electron chi connectivity index (χ1n) is 13.0. The van der Waals surface area contributed by atoms with E-state index in [0.29, 0.717) is 26.9 Å². The zero-order chi connectivity index (χ0) is 31.4. The number of ether oxygens (including phenoxy) is 3. The van der Waals surface area contributed by atoms with Crippen LogP contribution in [0.2, 0.25) is 15.1 Å². The molecule has 4 aromatic carbocycles. The summed E-state index contributed by atoms with van der Waals surface area (Å²) >= 11 is 18.6. The summed E-state index contributed by atoms with van der Waals surface area (Å²) in [6.07, 6.45) is 1.29. The summed E-state index contributed by atoms with van der Waals surface area (Å²) in [7, 11) is 1.40. The Kier molecular flexibility index (Phi) is 9.39. The highest BCUT2D eigenvalue weighted by atomic mass is 35.5. The minimum absolute atomic E-state index is 0.0188. The lowest BCUT2D eigenvalue weighted by Gasteiger charge is -2.26. The second-order valence-corrected chi connectivity index (χ2v) is 10.7. The Hall–Kier alpha value is -4.57. The molecule has 44 heavy (non-hydrogen) atoms. The monoisotopic (exact) mass is 654 g/mol. The number of hydrogen-bond acceptors (Lipinski definition) is 6. The summed E-state index contributed by atoms with van der Waals surface area (Å²) in [6.45, 7) is 0.186. The molecule has 4 aromatic rings. The number of benzene rings is 4. The summed E-state index contributed by atoms with van der Waals surface area (Å²) in [5, 5.41) is 3.27. The number of halogens is 4. The van der Waals surface area contributed by atoms with Gasteiger partial charge >= 0.3 is 6.03 Å². The lowest BCUT2D eigenvalue weighted by molar-refractivity contribution is -0.122. The number of rotatable bonds is 9. The van der Waals surface area contributed by atoms with Crippen LogP contribution in [0.15, 0.2) is 84.4 Å². The van der Waals surface area contributed by atoms with Crippen LogP contribution in [0.5, 0.6) is 17.2 Å². The van der Waals surface area contributed by atoms with Crippen LogP contribution >= 0.6 is 34.8 Å². The number of carbonyl (C=O) groups is 3. The first kappa shape index (κ1) is 30.9. The van der Waals surface area contributed by atoms with Crippen molar-refractivity contribution in [1.82, 2.24) is 5.32 Å². The third-order valence-corrected chi connectivity index (χ3v) is 7.31. The van der Waals surface area contributed by atoms with E-state index in [4.69, 9.17) is 49.0 Å². The summed E-state index contributed by atoms with van der Waals surface area (Å²) < 4.78 is 30.5. The molecule has 1 aliphatic rings. The maximum atomic E-state index is 13.5. The maximum absolute atomic E-state index is 13.5. The van der Waals surface area contributed by atoms with Crippen LogP contribution < -0.4 is 24.4 Å². The van der Waals surface area contributed by atoms with Gasteiger partial charge in [-0.2, -0.15) is 0 Å². The van der Waals surface area contributed by atoms with E-state index >= 15 is 0 Å². The number of methoxy groups -OCH3 is 1. The molecule has 0 spiro atoms. The molecule has 1 N–H and O–H groups in total. The lowest BCUT2D eigenvalue weighted by atomic mass is 10.1. The number of anilines is 1. The van der Waals surface area contributed by atoms with E-state index < -0.39 is 23.7 Å². The highest BCUT2D eigenvalue weighted by Crippen LogP contribution is 2.38. The van der Waals surface area contributed by atoms with Crippen molar-refractivity contribution in [3.05, 3.63) is 122 Å². The van der Waals surface area contributed by atoms with Gasteiger partial charge in [0.25, 0.3) is 11.8 Å². The van der Waals surface area contributed by atoms with Crippen molar-refractivity contribution in [3.63, 3.8) is 0 Å². The van der Waals surface area contributed by atoms with Crippen LogP contribution in [0.3, 0.4) is 0 Å². The van der Waals surface area contributed by atoms with Crippen LogP contribution in [0.1, 0.15) is 16.7 Å². The normalized spacial score (nSPS) is 14.1. The van der Waals surface area contributed by atoms with Crippen molar-refractivity contribution in [2.75, 3.05) is 12.0 Å². The minimum atomic E-state index is -0.907. The molecule has 0 unspecified atom stereocenters. The highest BCUT2D eigenvalue weighted by molar-refractivity contribution is 6.39. The standard InChI is InChI=1S/C32H22Cl3FN2O6/c1-42-28-14-19(13-27(35)29(28)44-16-18-3-2-4-22(36)11-18)12-25-30(39)37-32(41)38(31(25)40)23-7-9-24(10-8-23)43-17-20-5-6-21(33)15-26(20)34/h2-15H,16-17H2,1H3,(H,37,39,41)/b25-12+. The predicted molar refractivity (Wildman–Crippen MR) is 165 cm³/mol. The molecule has 12 heteroatoms. The molecule has 1 saturated heterocycles. The first-order chi connectivity index (χ1) is 21.1. The Morgan fingerprint density at radius 2 is 1.64 bits per heavy atom. The van der Waals surface area contributed by atoms with Crippen molar-refractivity contribution in [3.8, 4) is 17.2 Å². The summed E-state index contributed by atoms with van der Waals surface area (Å²) in [5.41, 5.74) is 1.53. The minimum Gasteiger partial charge on any atom is -0.493 e. The van der Waals surface area contributed by atoms with Crippen LogP contribution in [-0.4, -0.2) is 25.0 Å². The Morgan fingerprint density at radius 1 is 0.864 bits per heavy atom. The number of nitrogens with one attached hydrogen (secondary N) is 1. The van der Waals surface area contributed by atoms with E-state index in [0.717, 1.165) is 10.5 Å². The van der Waals surface area contributed by atoms with E-state index in [1.165, 1.54) is 49.6 Å². The molecule has 4 amide bonds. The number of hydrogen-bond donors (Lipinski definition) is 1. The van der Waals surface area contributed by atoms with E-state index in [1.807, 2.05) is 0 Å². The van der Waals surface area contributed by atoms with E-state index in [9.17, 15) is 18.8 Å². The van der Waals surface area contributed by atoms with Crippen LogP contribution in [-0.2, 0) is 22.8 Å². The second kappa shape index (κ2) is 13.4. The SMILES string of the molecule is COc1cc(/C=C2\C(=O)NC(=O)N(c3ccc(OCc4ccc(Cl)cc4Cl)cc3)C2=O)cc(Cl)c1OCc1cccc(F)c1. The summed E-state index contributed by atoms with van der Waals surface area (Å²) in [5.74, 6) is -1.26. The molecular formula is C32H22Cl3FN2O6. The number of amides is 4. The molecule has 0 aromatic heterocycles. The lowest BCUT2D eigenvalue weighted by Crippen LogP contribution is -2.54. The predicted octanol–water partition coefficient (Wildman–Crippen LogP) is 7.62. The molecule has 0 saturated carbocycles. The molecular weight excluding hydrogens is 634 g/mol. The van der Waals surface area contributed by atoms with Crippen molar-refractivity contribution in [2.24, 2.45) is 0 Å². The maximum Gasteiger partial charge on any atom is 0.335 e. The van der Waals surface area contributed by atoms with Gasteiger partial charge in [-0.25, -0.2) is 14.1 Å². The van der Waals surface area contributed by atoms with Crippen molar-refractivity contribution < 1.29 is 33.0 Å². The fraction of sp³-hybridized carbons (Fsp3) is 0.0938. The Morgan fingerprint density at radius 3 is 2.34 bits per heavy atom. The molecule has 1 fully saturated rings. The van der Waals surface area contributed by atoms with E-state index in [1.54, 1.807) is 42.5 Å². The number of barbiturate groups is 1. The topological polar surface area (TPSA) is 94.2 Å². The largest absolute Gasteiger partial charge is 0.493 e. The third kappa shape index (κ3) is 6.97. The zero-order valence-electron chi connectivity index (χ0n) is 22.9. The molecule has 0 radical (unpaired) electrons. The second-order valence-electron chi connectivity index (χ2n) is 9.43. The molecule has 5 rings (SSSR count). The van der Waals surface area contributed by atoms with Gasteiger partial charge in [0.1, 0.15) is 30.4 Å². The summed E-state index contributed by atoms with van der Waals surface area (Å²) in [6, 6.07) is 19.2. The Labute approximate surface area is 266 Å². The fourth-order valence-electron chi connectivity index (χ4n) is 4.30. The average Bonchev–Trinajstić information content (AvgIpc) is 2.98. The molecule has 0 aliphatic carbocycles. The number of carbonyl (C=O) groups excluding carboxylic acids is 3. The number of nitrogens with zero attached hydrogens (tertiary/aromatic N) is 1. The smallest absolute Gasteiger partial charge is 0.335 e. The van der Waals surface area contributed by atoms with Gasteiger partial charge in [-0.3, -0.25) is 14.9 Å². The van der Waals surface area contributed by atoms with Gasteiger partial charge in [0, 0.05) is 15.6 Å². The van der Waals surface area contributed by atoms with Crippen molar-refractivity contribution in [1.29, 1.82) is 0 Å². The van der Waals surface area contributed by atoms with Gasteiger partial charge in [-0.1, -0.05) is 53.0 Å². The van der Waals surface area contributed by atoms with Gasteiger partial charge in [-0.15, -0.1) is 0 Å². The fourth-order valence-corrected chi connectivity index (χ4v) is 5.03. The van der Waals surface area contributed by atoms with Crippen molar-refractivity contribution >= 4 is 64.4 Å². The molecule has 8 nitrogen and oxygen atoms in total. The van der Waals surface area contributed by atoms with Gasteiger partial charge in [0.15, 0.2) is 11.5 Å². The van der Waals surface area contributed by atoms with Crippen LogP contribution in [0.25, 0.3) is 6.08 Å². The molecule has 224 valence electrons. The third-order valence-electron chi connectivity index (χ3n) is 6.44. The highest BCUT2D eigenvalue weighted by Gasteiger charge is 2.37. The molecule has 1 aliphatic heterocycles.